The Labute approximate surface area is 112 Å². The summed E-state index contributed by atoms with van der Waals surface area (Å²) in [7, 11) is -3.20. The fourth-order valence-electron chi connectivity index (χ4n) is 2.69. The van der Waals surface area contributed by atoms with Gasteiger partial charge in [0.1, 0.15) is 0 Å². The van der Waals surface area contributed by atoms with Crippen molar-refractivity contribution in [2.45, 2.75) is 49.3 Å². The number of ether oxygens (including phenoxy) is 1. The van der Waals surface area contributed by atoms with Crippen LogP contribution in [0.15, 0.2) is 0 Å². The Morgan fingerprint density at radius 1 is 1.24 bits per heavy atom. The van der Waals surface area contributed by atoms with Crippen LogP contribution in [0.25, 0.3) is 0 Å². The molecule has 0 aromatic carbocycles. The van der Waals surface area contributed by atoms with Crippen molar-refractivity contribution in [1.82, 2.24) is 4.72 Å². The van der Waals surface area contributed by atoms with Crippen LogP contribution in [0, 0.1) is 0 Å². The molecular formula is C11H20BrNO3S. The normalized spacial score (nSPS) is 26.2. The van der Waals surface area contributed by atoms with E-state index in [0.29, 0.717) is 31.4 Å². The van der Waals surface area contributed by atoms with Crippen LogP contribution in [0.3, 0.4) is 0 Å². The number of rotatable bonds is 4. The molecule has 0 spiro atoms. The van der Waals surface area contributed by atoms with E-state index in [-0.39, 0.29) is 10.8 Å². The summed E-state index contributed by atoms with van der Waals surface area (Å²) in [6.45, 7) is 1.12. The molecule has 0 aromatic rings. The predicted octanol–water partition coefficient (Wildman–Crippen LogP) is 1.79. The summed E-state index contributed by atoms with van der Waals surface area (Å²) in [5, 5.41) is 0.440. The highest BCUT2D eigenvalue weighted by Gasteiger charge is 2.39. The van der Waals surface area contributed by atoms with E-state index in [1.165, 1.54) is 0 Å². The van der Waals surface area contributed by atoms with E-state index < -0.39 is 10.0 Å². The van der Waals surface area contributed by atoms with Crippen molar-refractivity contribution >= 4 is 26.0 Å². The molecule has 0 bridgehead atoms. The van der Waals surface area contributed by atoms with Crippen molar-refractivity contribution < 1.29 is 13.2 Å². The smallest absolute Gasteiger partial charge is 0.215 e. The van der Waals surface area contributed by atoms with Gasteiger partial charge in [-0.25, -0.2) is 13.1 Å². The van der Waals surface area contributed by atoms with E-state index >= 15 is 0 Å². The first-order chi connectivity index (χ1) is 8.08. The maximum absolute atomic E-state index is 12.3. The van der Waals surface area contributed by atoms with Crippen molar-refractivity contribution in [2.75, 3.05) is 18.5 Å². The number of hydrogen-bond donors (Lipinski definition) is 1. The molecule has 100 valence electrons. The van der Waals surface area contributed by atoms with Gasteiger partial charge in [0.15, 0.2) is 0 Å². The third-order valence-corrected chi connectivity index (χ3v) is 6.92. The molecule has 1 saturated heterocycles. The van der Waals surface area contributed by atoms with E-state index in [4.69, 9.17) is 4.74 Å². The molecule has 1 aliphatic carbocycles. The monoisotopic (exact) mass is 325 g/mol. The van der Waals surface area contributed by atoms with Gasteiger partial charge in [-0.15, -0.1) is 0 Å². The van der Waals surface area contributed by atoms with Gasteiger partial charge in [0.2, 0.25) is 10.0 Å². The quantitative estimate of drug-likeness (QED) is 0.802. The number of hydrogen-bond acceptors (Lipinski definition) is 3. The number of sulfonamides is 1. The van der Waals surface area contributed by atoms with Crippen LogP contribution in [0.2, 0.25) is 0 Å². The lowest BCUT2D eigenvalue weighted by Crippen LogP contribution is -2.51. The maximum atomic E-state index is 12.3. The molecule has 2 fully saturated rings. The lowest BCUT2D eigenvalue weighted by molar-refractivity contribution is 0.0979. The average molecular weight is 326 g/mol. The second-order valence-electron chi connectivity index (χ2n) is 5.08. The molecule has 0 radical (unpaired) electrons. The first-order valence-corrected chi connectivity index (χ1v) is 8.91. The molecule has 1 aliphatic heterocycles. The lowest BCUT2D eigenvalue weighted by Gasteiger charge is -2.31. The first-order valence-electron chi connectivity index (χ1n) is 6.24. The third kappa shape index (κ3) is 3.22. The molecule has 0 amide bonds. The topological polar surface area (TPSA) is 55.4 Å². The van der Waals surface area contributed by atoms with Crippen molar-refractivity contribution in [2.24, 2.45) is 0 Å². The van der Waals surface area contributed by atoms with E-state index in [1.807, 2.05) is 0 Å². The van der Waals surface area contributed by atoms with Gasteiger partial charge >= 0.3 is 0 Å². The zero-order valence-electron chi connectivity index (χ0n) is 9.95. The summed E-state index contributed by atoms with van der Waals surface area (Å²) in [5.41, 5.74) is -0.239. The van der Waals surface area contributed by atoms with Crippen LogP contribution in [-0.2, 0) is 14.8 Å². The van der Waals surface area contributed by atoms with E-state index in [0.717, 1.165) is 25.7 Å². The van der Waals surface area contributed by atoms with Crippen LogP contribution in [0.1, 0.15) is 38.5 Å². The largest absolute Gasteiger partial charge is 0.381 e. The minimum absolute atomic E-state index is 0.239. The fraction of sp³-hybridized carbons (Fsp3) is 1.00. The molecule has 6 heteroatoms. The van der Waals surface area contributed by atoms with E-state index in [9.17, 15) is 8.42 Å². The Balaban J connectivity index is 2.05. The molecule has 2 rings (SSSR count). The number of alkyl halides is 1. The van der Waals surface area contributed by atoms with Crippen molar-refractivity contribution in [3.05, 3.63) is 0 Å². The maximum Gasteiger partial charge on any atom is 0.215 e. The summed E-state index contributed by atoms with van der Waals surface area (Å²) < 4.78 is 32.8. The van der Waals surface area contributed by atoms with Gasteiger partial charge in [-0.3, -0.25) is 0 Å². The van der Waals surface area contributed by atoms with Gasteiger partial charge in [-0.05, 0) is 25.7 Å². The highest BCUT2D eigenvalue weighted by Crippen LogP contribution is 2.33. The van der Waals surface area contributed by atoms with Crippen LogP contribution in [-0.4, -0.2) is 37.8 Å². The Bertz CT molecular complexity index is 346. The van der Waals surface area contributed by atoms with Crippen LogP contribution in [0.4, 0.5) is 0 Å². The Morgan fingerprint density at radius 3 is 2.35 bits per heavy atom. The van der Waals surface area contributed by atoms with Gasteiger partial charge in [0.25, 0.3) is 0 Å². The molecule has 0 aromatic heterocycles. The molecule has 1 saturated carbocycles. The molecule has 0 atom stereocenters. The summed E-state index contributed by atoms with van der Waals surface area (Å²) in [6, 6.07) is 0. The summed E-state index contributed by atoms with van der Waals surface area (Å²) in [4.78, 5) is 0. The third-order valence-electron chi connectivity index (χ3n) is 3.78. The lowest BCUT2D eigenvalue weighted by atomic mass is 10.0. The first kappa shape index (κ1) is 13.8. The standard InChI is InChI=1S/C11H20BrNO3S/c12-9-11(5-1-2-6-11)13-17(14,15)10-3-7-16-8-4-10/h10,13H,1-9H2. The Kier molecular flexibility index (Phi) is 4.50. The van der Waals surface area contributed by atoms with Crippen molar-refractivity contribution in [1.29, 1.82) is 0 Å². The molecular weight excluding hydrogens is 306 g/mol. The molecule has 1 N–H and O–H groups in total. The van der Waals surface area contributed by atoms with Gasteiger partial charge in [-0.2, -0.15) is 0 Å². The van der Waals surface area contributed by atoms with Crippen molar-refractivity contribution in [3.63, 3.8) is 0 Å². The van der Waals surface area contributed by atoms with Gasteiger partial charge < -0.3 is 4.74 Å². The van der Waals surface area contributed by atoms with Gasteiger partial charge in [0.05, 0.1) is 5.25 Å². The van der Waals surface area contributed by atoms with Gasteiger partial charge in [-0.1, -0.05) is 28.8 Å². The molecule has 4 nitrogen and oxygen atoms in total. The predicted molar refractivity (Wildman–Crippen MR) is 70.9 cm³/mol. The van der Waals surface area contributed by atoms with Gasteiger partial charge in [0, 0.05) is 24.1 Å². The highest BCUT2D eigenvalue weighted by atomic mass is 79.9. The van der Waals surface area contributed by atoms with E-state index in [2.05, 4.69) is 20.7 Å². The van der Waals surface area contributed by atoms with Crippen LogP contribution in [0.5, 0.6) is 0 Å². The SMILES string of the molecule is O=S(=O)(NC1(CBr)CCCC1)C1CCOCC1. The zero-order valence-corrected chi connectivity index (χ0v) is 12.4. The Morgan fingerprint density at radius 2 is 1.82 bits per heavy atom. The Hall–Kier alpha value is 0.350. The van der Waals surface area contributed by atoms with Crippen LogP contribution < -0.4 is 4.72 Å². The minimum atomic E-state index is -3.20. The minimum Gasteiger partial charge on any atom is -0.381 e. The molecule has 17 heavy (non-hydrogen) atoms. The number of halogens is 1. The summed E-state index contributed by atoms with van der Waals surface area (Å²) in [6.07, 6.45) is 5.35. The second kappa shape index (κ2) is 5.55. The molecule has 2 aliphatic rings. The zero-order chi connectivity index (χ0) is 12.4. The van der Waals surface area contributed by atoms with Crippen LogP contribution >= 0.6 is 15.9 Å². The highest BCUT2D eigenvalue weighted by molar-refractivity contribution is 9.09. The molecule has 1 heterocycles. The van der Waals surface area contributed by atoms with Crippen molar-refractivity contribution in [3.8, 4) is 0 Å². The summed E-state index contributed by atoms with van der Waals surface area (Å²) >= 11 is 3.46. The summed E-state index contributed by atoms with van der Waals surface area (Å²) in [5.74, 6) is 0. The molecule has 0 unspecified atom stereocenters. The fourth-order valence-corrected chi connectivity index (χ4v) is 5.43. The average Bonchev–Trinajstić information content (AvgIpc) is 2.79. The van der Waals surface area contributed by atoms with E-state index in [1.54, 1.807) is 0 Å². The number of nitrogens with one attached hydrogen (secondary N) is 1. The second-order valence-corrected chi connectivity index (χ2v) is 7.60.